The molecule has 0 saturated carbocycles. The van der Waals surface area contributed by atoms with Gasteiger partial charge in [-0.25, -0.2) is 0 Å². The van der Waals surface area contributed by atoms with Crippen LogP contribution in [0.4, 0.5) is 5.69 Å². The van der Waals surface area contributed by atoms with Crippen molar-refractivity contribution in [1.82, 2.24) is 4.90 Å². The Kier molecular flexibility index (Phi) is 5.52. The van der Waals surface area contributed by atoms with Gasteiger partial charge in [0.25, 0.3) is 11.6 Å². The molecule has 9 nitrogen and oxygen atoms in total. The lowest BCUT2D eigenvalue weighted by molar-refractivity contribution is -0.907. The minimum Gasteiger partial charge on any atom is -0.503 e. The molecule has 1 aromatic rings. The first-order valence-corrected chi connectivity index (χ1v) is 8.81. The molecule has 0 unspecified atom stereocenters. The van der Waals surface area contributed by atoms with Crippen LogP contribution in [0.1, 0.15) is 18.5 Å². The highest BCUT2D eigenvalue weighted by Gasteiger charge is 2.44. The zero-order valence-electron chi connectivity index (χ0n) is 15.0. The highest BCUT2D eigenvalue weighted by molar-refractivity contribution is 6.08. The molecule has 1 atom stereocenters. The lowest BCUT2D eigenvalue weighted by Gasteiger charge is -2.29. The molecule has 1 fully saturated rings. The number of aliphatic hydroxyl groups excluding tert-OH is 1. The first kappa shape index (κ1) is 19.0. The molecule has 0 radical (unpaired) electrons. The van der Waals surface area contributed by atoms with Gasteiger partial charge >= 0.3 is 0 Å². The SMILES string of the molecule is CC(=O)C1=C(O)C(=O)N(CC[NH+]2CCOCC2)[C@H]1c1ccccc1[N+](=O)[O-]. The Balaban J connectivity index is 1.95. The summed E-state index contributed by atoms with van der Waals surface area (Å²) in [6, 6.07) is 5.03. The molecule has 0 aromatic heterocycles. The van der Waals surface area contributed by atoms with E-state index in [4.69, 9.17) is 4.74 Å². The van der Waals surface area contributed by atoms with Crippen LogP contribution in [0.2, 0.25) is 0 Å². The number of aliphatic hydroxyl groups is 1. The fourth-order valence-corrected chi connectivity index (χ4v) is 3.64. The number of rotatable bonds is 6. The van der Waals surface area contributed by atoms with Crippen molar-refractivity contribution in [2.75, 3.05) is 39.4 Å². The lowest BCUT2D eigenvalue weighted by Crippen LogP contribution is -3.14. The topological polar surface area (TPSA) is 114 Å². The van der Waals surface area contributed by atoms with Crippen LogP contribution in [0.15, 0.2) is 35.6 Å². The number of hydrogen-bond donors (Lipinski definition) is 2. The highest BCUT2D eigenvalue weighted by atomic mass is 16.6. The zero-order chi connectivity index (χ0) is 19.6. The molecular formula is C18H22N3O6+. The van der Waals surface area contributed by atoms with Gasteiger partial charge in [-0.3, -0.25) is 19.7 Å². The van der Waals surface area contributed by atoms with E-state index in [1.807, 2.05) is 0 Å². The predicted octanol–water partition coefficient (Wildman–Crippen LogP) is -0.206. The molecule has 2 N–H and O–H groups in total. The van der Waals surface area contributed by atoms with E-state index in [0.717, 1.165) is 13.1 Å². The smallest absolute Gasteiger partial charge is 0.290 e. The summed E-state index contributed by atoms with van der Waals surface area (Å²) in [6.45, 7) is 5.00. The summed E-state index contributed by atoms with van der Waals surface area (Å²) in [6.07, 6.45) is 0. The maximum absolute atomic E-state index is 12.6. The second-order valence-electron chi connectivity index (χ2n) is 6.65. The molecule has 1 aromatic carbocycles. The van der Waals surface area contributed by atoms with E-state index in [2.05, 4.69) is 0 Å². The normalized spacial score (nSPS) is 21.0. The molecule has 0 bridgehead atoms. The second-order valence-corrected chi connectivity index (χ2v) is 6.65. The average Bonchev–Trinajstić information content (AvgIpc) is 2.91. The maximum Gasteiger partial charge on any atom is 0.290 e. The number of para-hydroxylation sites is 1. The number of hydrogen-bond acceptors (Lipinski definition) is 6. The highest BCUT2D eigenvalue weighted by Crippen LogP contribution is 2.40. The summed E-state index contributed by atoms with van der Waals surface area (Å²) < 4.78 is 5.32. The number of carbonyl (C=O) groups is 2. The number of nitrogens with zero attached hydrogens (tertiary/aromatic N) is 2. The van der Waals surface area contributed by atoms with Crippen molar-refractivity contribution >= 4 is 17.4 Å². The van der Waals surface area contributed by atoms with Gasteiger partial charge in [0.05, 0.1) is 48.4 Å². The van der Waals surface area contributed by atoms with Crippen LogP contribution in [-0.4, -0.2) is 66.0 Å². The Bertz CT molecular complexity index is 800. The molecule has 9 heteroatoms. The van der Waals surface area contributed by atoms with Crippen molar-refractivity contribution in [3.8, 4) is 0 Å². The van der Waals surface area contributed by atoms with Gasteiger partial charge in [-0.2, -0.15) is 0 Å². The third kappa shape index (κ3) is 3.69. The minimum atomic E-state index is -0.961. The third-order valence-electron chi connectivity index (χ3n) is 5.02. The number of ether oxygens (including phenoxy) is 1. The number of Topliss-reactive ketones (excluding diaryl/α,β-unsaturated/α-hetero) is 1. The maximum atomic E-state index is 12.6. The predicted molar refractivity (Wildman–Crippen MR) is 94.3 cm³/mol. The monoisotopic (exact) mass is 376 g/mol. The average molecular weight is 376 g/mol. The fourth-order valence-electron chi connectivity index (χ4n) is 3.64. The van der Waals surface area contributed by atoms with Crippen LogP contribution in [0.25, 0.3) is 0 Å². The van der Waals surface area contributed by atoms with Crippen LogP contribution >= 0.6 is 0 Å². The number of nitro groups is 1. The van der Waals surface area contributed by atoms with E-state index in [0.29, 0.717) is 19.8 Å². The van der Waals surface area contributed by atoms with Gasteiger partial charge in [-0.05, 0) is 13.0 Å². The minimum absolute atomic E-state index is 0.0914. The van der Waals surface area contributed by atoms with Crippen molar-refractivity contribution in [3.05, 3.63) is 51.3 Å². The van der Waals surface area contributed by atoms with E-state index >= 15 is 0 Å². The summed E-state index contributed by atoms with van der Waals surface area (Å²) in [7, 11) is 0. The number of morpholine rings is 1. The number of carbonyl (C=O) groups excluding carboxylic acids is 2. The van der Waals surface area contributed by atoms with Crippen molar-refractivity contribution < 1.29 is 29.3 Å². The number of ketones is 1. The Hall–Kier alpha value is -2.78. The Morgan fingerprint density at radius 1 is 1.37 bits per heavy atom. The summed E-state index contributed by atoms with van der Waals surface area (Å²) in [5.41, 5.74) is -0.0548. The van der Waals surface area contributed by atoms with Crippen LogP contribution in [0.3, 0.4) is 0 Å². The molecular weight excluding hydrogens is 354 g/mol. The first-order valence-electron chi connectivity index (χ1n) is 8.81. The van der Waals surface area contributed by atoms with Gasteiger partial charge in [-0.15, -0.1) is 0 Å². The summed E-state index contributed by atoms with van der Waals surface area (Å²) in [5.74, 6) is -1.77. The first-order chi connectivity index (χ1) is 12.9. The Morgan fingerprint density at radius 2 is 2.04 bits per heavy atom. The van der Waals surface area contributed by atoms with E-state index < -0.39 is 28.4 Å². The number of amides is 1. The lowest BCUT2D eigenvalue weighted by atomic mass is 9.95. The van der Waals surface area contributed by atoms with Gasteiger partial charge in [0.1, 0.15) is 13.1 Å². The molecule has 0 aliphatic carbocycles. The number of quaternary nitrogens is 1. The fraction of sp³-hybridized carbons (Fsp3) is 0.444. The van der Waals surface area contributed by atoms with Crippen LogP contribution in [0, 0.1) is 10.1 Å². The number of benzene rings is 1. The van der Waals surface area contributed by atoms with Crippen LogP contribution in [-0.2, 0) is 14.3 Å². The van der Waals surface area contributed by atoms with E-state index in [9.17, 15) is 24.8 Å². The summed E-state index contributed by atoms with van der Waals surface area (Å²) in [4.78, 5) is 38.3. The Labute approximate surface area is 156 Å². The van der Waals surface area contributed by atoms with Gasteiger partial charge < -0.3 is 19.6 Å². The third-order valence-corrected chi connectivity index (χ3v) is 5.02. The Morgan fingerprint density at radius 3 is 2.67 bits per heavy atom. The van der Waals surface area contributed by atoms with Crippen molar-refractivity contribution in [3.63, 3.8) is 0 Å². The molecule has 0 spiro atoms. The zero-order valence-corrected chi connectivity index (χ0v) is 15.0. The van der Waals surface area contributed by atoms with Crippen LogP contribution in [0.5, 0.6) is 0 Å². The molecule has 2 heterocycles. The molecule has 2 aliphatic rings. The summed E-state index contributed by atoms with van der Waals surface area (Å²) >= 11 is 0. The molecule has 1 amide bonds. The second kappa shape index (κ2) is 7.85. The van der Waals surface area contributed by atoms with E-state index in [-0.39, 0.29) is 23.4 Å². The van der Waals surface area contributed by atoms with Crippen LogP contribution < -0.4 is 4.90 Å². The van der Waals surface area contributed by atoms with Gasteiger partial charge in [0.15, 0.2) is 11.5 Å². The van der Waals surface area contributed by atoms with Crippen molar-refractivity contribution in [1.29, 1.82) is 0 Å². The van der Waals surface area contributed by atoms with E-state index in [1.54, 1.807) is 6.07 Å². The molecule has 3 rings (SSSR count). The quantitative estimate of drug-likeness (QED) is 0.525. The van der Waals surface area contributed by atoms with Gasteiger partial charge in [0.2, 0.25) is 0 Å². The van der Waals surface area contributed by atoms with Crippen molar-refractivity contribution in [2.24, 2.45) is 0 Å². The van der Waals surface area contributed by atoms with Gasteiger partial charge in [0, 0.05) is 6.07 Å². The number of nitrogens with one attached hydrogen (secondary N) is 1. The molecule has 144 valence electrons. The molecule has 1 saturated heterocycles. The molecule has 2 aliphatic heterocycles. The number of nitro benzene ring substituents is 1. The summed E-state index contributed by atoms with van der Waals surface area (Å²) in [5, 5.41) is 21.7. The largest absolute Gasteiger partial charge is 0.503 e. The standard InChI is InChI=1S/C18H21N3O6/c1-12(22)15-16(13-4-2-3-5-14(13)21(25)26)20(18(24)17(15)23)7-6-19-8-10-27-11-9-19/h2-5,16,23H,6-11H2,1H3/p+1/t16-/m0/s1. The van der Waals surface area contributed by atoms with E-state index in [1.165, 1.54) is 34.9 Å². The molecule has 27 heavy (non-hydrogen) atoms. The van der Waals surface area contributed by atoms with Crippen molar-refractivity contribution in [2.45, 2.75) is 13.0 Å². The van der Waals surface area contributed by atoms with Gasteiger partial charge in [-0.1, -0.05) is 12.1 Å².